The first-order valence-electron chi connectivity index (χ1n) is 11.2. The van der Waals surface area contributed by atoms with E-state index < -0.39 is 5.60 Å². The Bertz CT molecular complexity index is 961. The monoisotopic (exact) mass is 408 g/mol. The highest BCUT2D eigenvalue weighted by Gasteiger charge is 2.56. The fraction of sp³-hybridized carbons (Fsp3) is 0.609. The smallest absolute Gasteiger partial charge is 0.410 e. The summed E-state index contributed by atoms with van der Waals surface area (Å²) in [5, 5.41) is 15.2. The summed E-state index contributed by atoms with van der Waals surface area (Å²) in [5.74, 6) is 2.09. The number of ether oxygens (including phenoxy) is 1. The molecule has 6 atom stereocenters. The van der Waals surface area contributed by atoms with Crippen LogP contribution in [0.25, 0.3) is 10.9 Å². The van der Waals surface area contributed by atoms with Crippen molar-refractivity contribution in [2.24, 2.45) is 17.8 Å². The SMILES string of the molecule is O=C(OC1C2CC3C[C@H]1C[C@@](O)(C3)C2)N1CC[C@@H](Nc2ncnc3ccccc23)C1. The van der Waals surface area contributed by atoms with Gasteiger partial charge in [-0.2, -0.15) is 0 Å². The van der Waals surface area contributed by atoms with Gasteiger partial charge < -0.3 is 20.1 Å². The number of amides is 1. The molecule has 0 radical (unpaired) electrons. The first-order chi connectivity index (χ1) is 14.6. The predicted octanol–water partition coefficient (Wildman–Crippen LogP) is 3.19. The molecule has 158 valence electrons. The van der Waals surface area contributed by atoms with Crippen LogP contribution < -0.4 is 5.32 Å². The van der Waals surface area contributed by atoms with Crippen molar-refractivity contribution in [3.05, 3.63) is 30.6 Å². The van der Waals surface area contributed by atoms with Gasteiger partial charge in [0.1, 0.15) is 18.2 Å². The Labute approximate surface area is 175 Å². The van der Waals surface area contributed by atoms with Crippen molar-refractivity contribution in [3.63, 3.8) is 0 Å². The Balaban J connectivity index is 1.10. The number of likely N-dealkylation sites (tertiary alicyclic amines) is 1. The minimum Gasteiger partial charge on any atom is -0.446 e. The number of rotatable bonds is 3. The Hall–Kier alpha value is -2.41. The number of aromatic nitrogens is 2. The molecule has 0 spiro atoms. The summed E-state index contributed by atoms with van der Waals surface area (Å²) < 4.78 is 6.05. The van der Waals surface area contributed by atoms with Crippen LogP contribution in [0, 0.1) is 17.8 Å². The Kier molecular flexibility index (Phi) is 4.17. The summed E-state index contributed by atoms with van der Waals surface area (Å²) in [6, 6.07) is 8.09. The molecule has 30 heavy (non-hydrogen) atoms. The zero-order valence-corrected chi connectivity index (χ0v) is 17.0. The fourth-order valence-corrected chi connectivity index (χ4v) is 6.68. The molecule has 1 aromatic heterocycles. The van der Waals surface area contributed by atoms with E-state index in [2.05, 4.69) is 15.3 Å². The van der Waals surface area contributed by atoms with Gasteiger partial charge in [-0.25, -0.2) is 14.8 Å². The van der Waals surface area contributed by atoms with Gasteiger partial charge in [0.05, 0.1) is 11.1 Å². The largest absolute Gasteiger partial charge is 0.446 e. The standard InChI is InChI=1S/C23H28N4O3/c28-22(30-20-15-7-14-8-16(20)11-23(29,9-14)10-15)27-6-5-17(12-27)26-21-18-3-1-2-4-19(18)24-13-25-21/h1-4,13-17,20,29H,5-12H2,(H,24,25,26)/t14?,15-,16?,17+,20?,23-/m0/s1. The zero-order valence-electron chi connectivity index (χ0n) is 17.0. The van der Waals surface area contributed by atoms with Crippen LogP contribution in [0.15, 0.2) is 30.6 Å². The van der Waals surface area contributed by atoms with Crippen LogP contribution >= 0.6 is 0 Å². The molecule has 3 unspecified atom stereocenters. The number of anilines is 1. The van der Waals surface area contributed by atoms with Crippen molar-refractivity contribution in [2.45, 2.75) is 56.3 Å². The molecule has 2 N–H and O–H groups in total. The number of para-hydroxylation sites is 1. The lowest BCUT2D eigenvalue weighted by Crippen LogP contribution is -2.58. The molecule has 1 aliphatic heterocycles. The highest BCUT2D eigenvalue weighted by atomic mass is 16.6. The van der Waals surface area contributed by atoms with E-state index in [0.717, 1.165) is 55.2 Å². The summed E-state index contributed by atoms with van der Waals surface area (Å²) in [6.45, 7) is 1.31. The summed E-state index contributed by atoms with van der Waals surface area (Å²) in [7, 11) is 0. The molecule has 2 heterocycles. The normalized spacial score (nSPS) is 37.0. The molecule has 7 nitrogen and oxygen atoms in total. The van der Waals surface area contributed by atoms with E-state index >= 15 is 0 Å². The van der Waals surface area contributed by atoms with E-state index in [9.17, 15) is 9.90 Å². The first kappa shape index (κ1) is 18.4. The Morgan fingerprint density at radius 1 is 1.17 bits per heavy atom. The van der Waals surface area contributed by atoms with Gasteiger partial charge in [0.25, 0.3) is 0 Å². The quantitative estimate of drug-likeness (QED) is 0.811. The fourth-order valence-electron chi connectivity index (χ4n) is 6.68. The number of hydrogen-bond donors (Lipinski definition) is 2. The molecule has 7 rings (SSSR count). The number of benzene rings is 1. The third-order valence-corrected chi connectivity index (χ3v) is 7.72. The first-order valence-corrected chi connectivity index (χ1v) is 11.2. The van der Waals surface area contributed by atoms with E-state index in [1.165, 1.54) is 0 Å². The molecule has 2 aromatic rings. The lowest BCUT2D eigenvalue weighted by molar-refractivity contribution is -0.177. The third-order valence-electron chi connectivity index (χ3n) is 7.72. The van der Waals surface area contributed by atoms with Crippen molar-refractivity contribution in [2.75, 3.05) is 18.4 Å². The third kappa shape index (κ3) is 3.11. The lowest BCUT2D eigenvalue weighted by atomic mass is 9.53. The number of carbonyl (C=O) groups excluding carboxylic acids is 1. The zero-order chi connectivity index (χ0) is 20.3. The van der Waals surface area contributed by atoms with Crippen LogP contribution in [0.1, 0.15) is 38.5 Å². The highest BCUT2D eigenvalue weighted by molar-refractivity contribution is 5.88. The minimum absolute atomic E-state index is 0.0212. The highest BCUT2D eigenvalue weighted by Crippen LogP contribution is 2.56. The number of nitrogens with zero attached hydrogens (tertiary/aromatic N) is 3. The molecule has 4 saturated carbocycles. The van der Waals surface area contributed by atoms with Crippen molar-refractivity contribution in [1.82, 2.24) is 14.9 Å². The number of fused-ring (bicyclic) bond motifs is 1. The van der Waals surface area contributed by atoms with Crippen molar-refractivity contribution in [3.8, 4) is 0 Å². The van der Waals surface area contributed by atoms with Crippen molar-refractivity contribution < 1.29 is 14.6 Å². The summed E-state index contributed by atoms with van der Waals surface area (Å²) in [4.78, 5) is 23.5. The van der Waals surface area contributed by atoms with Gasteiger partial charge in [0.15, 0.2) is 0 Å². The van der Waals surface area contributed by atoms with E-state index in [-0.39, 0.29) is 18.2 Å². The number of aliphatic hydroxyl groups is 1. The van der Waals surface area contributed by atoms with Gasteiger partial charge in [-0.3, -0.25) is 0 Å². The van der Waals surface area contributed by atoms with E-state index in [0.29, 0.717) is 30.8 Å². The predicted molar refractivity (Wildman–Crippen MR) is 112 cm³/mol. The Morgan fingerprint density at radius 2 is 1.97 bits per heavy atom. The summed E-state index contributed by atoms with van der Waals surface area (Å²) >= 11 is 0. The van der Waals surface area contributed by atoms with E-state index in [1.54, 1.807) is 6.33 Å². The van der Waals surface area contributed by atoms with Crippen LogP contribution in [0.4, 0.5) is 10.6 Å². The van der Waals surface area contributed by atoms with Gasteiger partial charge in [-0.05, 0) is 68.4 Å². The van der Waals surface area contributed by atoms with Gasteiger partial charge in [0.2, 0.25) is 0 Å². The second-order valence-corrected chi connectivity index (χ2v) is 9.86. The molecule has 4 aliphatic carbocycles. The maximum atomic E-state index is 12.9. The topological polar surface area (TPSA) is 87.6 Å². The van der Waals surface area contributed by atoms with Gasteiger partial charge >= 0.3 is 6.09 Å². The van der Waals surface area contributed by atoms with Crippen LogP contribution in [0.5, 0.6) is 0 Å². The van der Waals surface area contributed by atoms with Crippen LogP contribution in [0.3, 0.4) is 0 Å². The lowest BCUT2D eigenvalue weighted by Gasteiger charge is -2.57. The average molecular weight is 409 g/mol. The molecule has 7 heteroatoms. The molecule has 1 amide bonds. The number of nitrogens with one attached hydrogen (secondary N) is 1. The minimum atomic E-state index is -0.498. The second kappa shape index (κ2) is 6.80. The van der Waals surface area contributed by atoms with Crippen LogP contribution in [-0.2, 0) is 4.74 Å². The second-order valence-electron chi connectivity index (χ2n) is 9.86. The van der Waals surface area contributed by atoms with Gasteiger partial charge in [-0.1, -0.05) is 12.1 Å². The van der Waals surface area contributed by atoms with E-state index in [4.69, 9.17) is 4.74 Å². The van der Waals surface area contributed by atoms with Gasteiger partial charge in [0, 0.05) is 24.5 Å². The summed E-state index contributed by atoms with van der Waals surface area (Å²) in [5.41, 5.74) is 0.412. The average Bonchev–Trinajstić information content (AvgIpc) is 3.18. The van der Waals surface area contributed by atoms with Gasteiger partial charge in [-0.15, -0.1) is 0 Å². The van der Waals surface area contributed by atoms with Crippen LogP contribution in [0.2, 0.25) is 0 Å². The summed E-state index contributed by atoms with van der Waals surface area (Å²) in [6.07, 6.45) is 6.95. The molecular formula is C23H28N4O3. The molecule has 4 bridgehead atoms. The number of hydrogen-bond acceptors (Lipinski definition) is 6. The van der Waals surface area contributed by atoms with Crippen molar-refractivity contribution >= 4 is 22.8 Å². The molecule has 1 aromatic carbocycles. The van der Waals surface area contributed by atoms with E-state index in [1.807, 2.05) is 29.2 Å². The Morgan fingerprint density at radius 3 is 2.77 bits per heavy atom. The molecule has 5 fully saturated rings. The molecule has 5 aliphatic rings. The van der Waals surface area contributed by atoms with Crippen molar-refractivity contribution in [1.29, 1.82) is 0 Å². The van der Waals surface area contributed by atoms with Crippen LogP contribution in [-0.4, -0.2) is 56.9 Å². The number of carbonyl (C=O) groups is 1. The maximum Gasteiger partial charge on any atom is 0.410 e. The maximum absolute atomic E-state index is 12.9. The molecular weight excluding hydrogens is 380 g/mol. The molecule has 1 saturated heterocycles.